The van der Waals surface area contributed by atoms with Crippen LogP contribution in [0.3, 0.4) is 0 Å². The Morgan fingerprint density at radius 3 is 2.10 bits per heavy atom. The summed E-state index contributed by atoms with van der Waals surface area (Å²) >= 11 is 6.93. The molecule has 0 atom stereocenters. The first-order valence-electron chi connectivity index (χ1n) is 11.8. The molecule has 1 fully saturated rings. The van der Waals surface area contributed by atoms with Gasteiger partial charge in [0.05, 0.1) is 20.2 Å². The van der Waals surface area contributed by atoms with E-state index < -0.39 is 23.8 Å². The van der Waals surface area contributed by atoms with Gasteiger partial charge < -0.3 is 9.84 Å². The molecule has 0 radical (unpaired) electrons. The number of imide groups is 2. The third kappa shape index (κ3) is 6.29. The number of carboxylic acids is 1. The lowest BCUT2D eigenvalue weighted by atomic mass is 9.87. The van der Waals surface area contributed by atoms with Crippen molar-refractivity contribution in [2.75, 3.05) is 4.90 Å². The molecule has 3 aromatic carbocycles. The van der Waals surface area contributed by atoms with Gasteiger partial charge in [0.1, 0.15) is 17.9 Å². The first-order valence-corrected chi connectivity index (χ1v) is 13.4. The molecular formula is C29H24Br2N2O6. The Morgan fingerprint density at radius 2 is 1.56 bits per heavy atom. The van der Waals surface area contributed by atoms with E-state index in [-0.39, 0.29) is 23.2 Å². The Morgan fingerprint density at radius 1 is 0.974 bits per heavy atom. The Balaban J connectivity index is 1.56. The standard InChI is InChI=1S/C29H24Br2N2O6/c1-29(2,3)19-8-10-20(11-9-19)33-26(35)21(25(34)32-28(33)38)12-17-13-22(30)24(23(31)14-17)39-15-16-4-6-18(7-5-16)27(36)37/h4-14H,15H2,1-3H3,(H,36,37)(H,32,34,38)/b21-12+. The first-order chi connectivity index (χ1) is 18.3. The van der Waals surface area contributed by atoms with Gasteiger partial charge in [0.2, 0.25) is 0 Å². The predicted molar refractivity (Wildman–Crippen MR) is 154 cm³/mol. The van der Waals surface area contributed by atoms with Crippen molar-refractivity contribution >= 4 is 67.4 Å². The second kappa shape index (κ2) is 11.2. The van der Waals surface area contributed by atoms with E-state index in [0.717, 1.165) is 16.0 Å². The van der Waals surface area contributed by atoms with Gasteiger partial charge in [0, 0.05) is 0 Å². The van der Waals surface area contributed by atoms with Gasteiger partial charge >= 0.3 is 12.0 Å². The number of halogens is 2. The quantitative estimate of drug-likeness (QED) is 0.233. The van der Waals surface area contributed by atoms with E-state index in [0.29, 0.717) is 25.9 Å². The molecule has 1 saturated heterocycles. The van der Waals surface area contributed by atoms with Crippen LogP contribution in [0.25, 0.3) is 6.08 Å². The average molecular weight is 656 g/mol. The van der Waals surface area contributed by atoms with Crippen molar-refractivity contribution in [3.8, 4) is 5.75 Å². The molecule has 10 heteroatoms. The largest absolute Gasteiger partial charge is 0.487 e. The van der Waals surface area contributed by atoms with Crippen LogP contribution in [0.15, 0.2) is 75.2 Å². The van der Waals surface area contributed by atoms with Crippen molar-refractivity contribution in [1.82, 2.24) is 5.32 Å². The third-order valence-corrected chi connectivity index (χ3v) is 7.19. The van der Waals surface area contributed by atoms with Crippen molar-refractivity contribution in [3.05, 3.63) is 97.4 Å². The zero-order valence-corrected chi connectivity index (χ0v) is 24.4. The number of urea groups is 1. The molecule has 4 rings (SSSR count). The van der Waals surface area contributed by atoms with Crippen LogP contribution in [0.4, 0.5) is 10.5 Å². The molecule has 0 spiro atoms. The minimum atomic E-state index is -1.01. The summed E-state index contributed by atoms with van der Waals surface area (Å²) < 4.78 is 7.01. The Hall–Kier alpha value is -3.76. The molecule has 0 aromatic heterocycles. The van der Waals surface area contributed by atoms with Crippen LogP contribution in [0.5, 0.6) is 5.75 Å². The van der Waals surface area contributed by atoms with Crippen molar-refractivity contribution in [2.24, 2.45) is 0 Å². The van der Waals surface area contributed by atoms with Crippen LogP contribution in [0.1, 0.15) is 47.8 Å². The lowest BCUT2D eigenvalue weighted by Gasteiger charge is -2.27. The van der Waals surface area contributed by atoms with Gasteiger partial charge in [-0.3, -0.25) is 14.9 Å². The summed E-state index contributed by atoms with van der Waals surface area (Å²) in [5.41, 5.74) is 2.57. The highest BCUT2D eigenvalue weighted by molar-refractivity contribution is 9.11. The van der Waals surface area contributed by atoms with Crippen LogP contribution in [0, 0.1) is 0 Å². The van der Waals surface area contributed by atoms with Gasteiger partial charge in [-0.25, -0.2) is 14.5 Å². The summed E-state index contributed by atoms with van der Waals surface area (Å²) in [4.78, 5) is 50.4. The molecule has 4 amide bonds. The highest BCUT2D eigenvalue weighted by Crippen LogP contribution is 2.36. The van der Waals surface area contributed by atoms with Gasteiger partial charge in [0.15, 0.2) is 0 Å². The average Bonchev–Trinajstić information content (AvgIpc) is 2.86. The number of amides is 4. The topological polar surface area (TPSA) is 113 Å². The Labute approximate surface area is 241 Å². The second-order valence-electron chi connectivity index (χ2n) is 9.86. The van der Waals surface area contributed by atoms with Crippen LogP contribution in [0.2, 0.25) is 0 Å². The smallest absolute Gasteiger partial charge is 0.335 e. The molecule has 1 heterocycles. The molecular weight excluding hydrogens is 632 g/mol. The van der Waals surface area contributed by atoms with Gasteiger partial charge in [0.25, 0.3) is 11.8 Å². The molecule has 1 aliphatic heterocycles. The number of benzene rings is 3. The van der Waals surface area contributed by atoms with E-state index in [4.69, 9.17) is 9.84 Å². The van der Waals surface area contributed by atoms with Crippen LogP contribution in [-0.2, 0) is 21.6 Å². The number of nitrogens with one attached hydrogen (secondary N) is 1. The number of carboxylic acid groups (broad SMARTS) is 1. The number of anilines is 1. The number of carbonyl (C=O) groups is 4. The van der Waals surface area contributed by atoms with Gasteiger partial charge in [-0.1, -0.05) is 45.0 Å². The van der Waals surface area contributed by atoms with Crippen molar-refractivity contribution in [3.63, 3.8) is 0 Å². The number of rotatable bonds is 6. The predicted octanol–water partition coefficient (Wildman–Crippen LogP) is 6.45. The van der Waals surface area contributed by atoms with Crippen LogP contribution < -0.4 is 15.0 Å². The number of barbiturate groups is 1. The normalized spacial score (nSPS) is 14.9. The molecule has 3 aromatic rings. The maximum atomic E-state index is 13.3. The van der Waals surface area contributed by atoms with E-state index in [1.165, 1.54) is 18.2 Å². The molecule has 39 heavy (non-hydrogen) atoms. The lowest BCUT2D eigenvalue weighted by Crippen LogP contribution is -2.54. The molecule has 1 aliphatic rings. The summed E-state index contributed by atoms with van der Waals surface area (Å²) in [6.45, 7) is 6.37. The van der Waals surface area contributed by atoms with Crippen LogP contribution >= 0.6 is 31.9 Å². The maximum Gasteiger partial charge on any atom is 0.335 e. The van der Waals surface area contributed by atoms with E-state index in [1.807, 2.05) is 12.1 Å². The highest BCUT2D eigenvalue weighted by atomic mass is 79.9. The van der Waals surface area contributed by atoms with Crippen molar-refractivity contribution in [2.45, 2.75) is 32.8 Å². The monoisotopic (exact) mass is 654 g/mol. The fraction of sp³-hybridized carbons (Fsp3) is 0.172. The molecule has 0 unspecified atom stereocenters. The molecule has 0 bridgehead atoms. The lowest BCUT2D eigenvalue weighted by molar-refractivity contribution is -0.122. The fourth-order valence-electron chi connectivity index (χ4n) is 3.87. The van der Waals surface area contributed by atoms with Gasteiger partial charge in [-0.2, -0.15) is 0 Å². The van der Waals surface area contributed by atoms with E-state index in [1.54, 1.807) is 36.4 Å². The minimum absolute atomic E-state index is 0.102. The Bertz CT molecular complexity index is 1480. The number of hydrogen-bond donors (Lipinski definition) is 2. The highest BCUT2D eigenvalue weighted by Gasteiger charge is 2.37. The minimum Gasteiger partial charge on any atom is -0.487 e. The summed E-state index contributed by atoms with van der Waals surface area (Å²) in [5.74, 6) is -2.04. The summed E-state index contributed by atoms with van der Waals surface area (Å²) in [5, 5.41) is 11.3. The molecule has 2 N–H and O–H groups in total. The van der Waals surface area contributed by atoms with Gasteiger partial charge in [-0.05, 0) is 96.4 Å². The van der Waals surface area contributed by atoms with E-state index in [9.17, 15) is 19.2 Å². The molecule has 8 nitrogen and oxygen atoms in total. The van der Waals surface area contributed by atoms with E-state index >= 15 is 0 Å². The molecule has 0 saturated carbocycles. The van der Waals surface area contributed by atoms with Crippen molar-refractivity contribution < 1.29 is 29.0 Å². The molecule has 0 aliphatic carbocycles. The van der Waals surface area contributed by atoms with E-state index in [2.05, 4.69) is 57.9 Å². The zero-order chi connectivity index (χ0) is 28.5. The summed E-state index contributed by atoms with van der Waals surface area (Å²) in [6.07, 6.45) is 1.41. The zero-order valence-electron chi connectivity index (χ0n) is 21.2. The number of hydrogen-bond acceptors (Lipinski definition) is 5. The second-order valence-corrected chi connectivity index (χ2v) is 11.6. The van der Waals surface area contributed by atoms with Crippen LogP contribution in [-0.4, -0.2) is 28.9 Å². The number of ether oxygens (including phenoxy) is 1. The molecule has 200 valence electrons. The number of aromatic carboxylic acids is 1. The first kappa shape index (κ1) is 28.3. The Kier molecular flexibility index (Phi) is 8.08. The summed E-state index contributed by atoms with van der Waals surface area (Å²) in [6, 6.07) is 15.9. The number of nitrogens with zero attached hydrogens (tertiary/aromatic N) is 1. The maximum absolute atomic E-state index is 13.3. The summed E-state index contributed by atoms with van der Waals surface area (Å²) in [7, 11) is 0. The SMILES string of the molecule is CC(C)(C)c1ccc(N2C(=O)NC(=O)/C(=C\c3cc(Br)c(OCc4ccc(C(=O)O)cc4)c(Br)c3)C2=O)cc1. The van der Waals surface area contributed by atoms with Crippen molar-refractivity contribution in [1.29, 1.82) is 0 Å². The third-order valence-electron chi connectivity index (χ3n) is 6.01. The fourth-order valence-corrected chi connectivity index (χ4v) is 5.32. The van der Waals surface area contributed by atoms with Gasteiger partial charge in [-0.15, -0.1) is 0 Å². The number of carbonyl (C=O) groups excluding carboxylic acids is 3.